The number of benzene rings is 2. The molecule has 0 radical (unpaired) electrons. The van der Waals surface area contributed by atoms with E-state index in [0.717, 1.165) is 23.2 Å². The summed E-state index contributed by atoms with van der Waals surface area (Å²) in [6.07, 6.45) is 14.5. The van der Waals surface area contributed by atoms with E-state index < -0.39 is 0 Å². The zero-order valence-electron chi connectivity index (χ0n) is 20.6. The van der Waals surface area contributed by atoms with Crippen LogP contribution >= 0.6 is 15.9 Å². The first-order valence-corrected chi connectivity index (χ1v) is 13.7. The van der Waals surface area contributed by atoms with Gasteiger partial charge in [0.1, 0.15) is 11.5 Å². The Morgan fingerprint density at radius 3 is 1.91 bits per heavy atom. The van der Waals surface area contributed by atoms with Crippen molar-refractivity contribution in [2.45, 2.75) is 77.6 Å². The van der Waals surface area contributed by atoms with Crippen LogP contribution in [0.15, 0.2) is 36.4 Å². The normalized spacial score (nSPS) is 11.3. The molecule has 3 aromatic rings. The van der Waals surface area contributed by atoms with Gasteiger partial charge in [-0.3, -0.25) is 0 Å². The largest absolute Gasteiger partial charge is 0.497 e. The summed E-state index contributed by atoms with van der Waals surface area (Å²) in [5.74, 6) is 1.89. The van der Waals surface area contributed by atoms with E-state index in [1.165, 1.54) is 97.5 Å². The van der Waals surface area contributed by atoms with E-state index in [2.05, 4.69) is 52.1 Å². The van der Waals surface area contributed by atoms with Gasteiger partial charge in [0.25, 0.3) is 0 Å². The molecule has 0 aliphatic heterocycles. The third-order valence-electron chi connectivity index (χ3n) is 6.69. The molecular formula is C29H40BrNO2. The van der Waals surface area contributed by atoms with Crippen LogP contribution in [0.2, 0.25) is 0 Å². The number of nitrogens with one attached hydrogen (secondary N) is 1. The second kappa shape index (κ2) is 13.7. The molecule has 0 aliphatic rings. The highest BCUT2D eigenvalue weighted by molar-refractivity contribution is 9.09. The Bertz CT molecular complexity index is 977. The summed E-state index contributed by atoms with van der Waals surface area (Å²) < 4.78 is 11.1. The summed E-state index contributed by atoms with van der Waals surface area (Å²) >= 11 is 3.51. The highest BCUT2D eigenvalue weighted by Crippen LogP contribution is 2.37. The zero-order chi connectivity index (χ0) is 23.5. The first-order chi connectivity index (χ1) is 16.2. The van der Waals surface area contributed by atoms with E-state index >= 15 is 0 Å². The van der Waals surface area contributed by atoms with Crippen LogP contribution in [-0.4, -0.2) is 24.5 Å². The van der Waals surface area contributed by atoms with Gasteiger partial charge in [0, 0.05) is 27.5 Å². The number of alkyl halides is 1. The van der Waals surface area contributed by atoms with Crippen LogP contribution in [0.4, 0.5) is 0 Å². The van der Waals surface area contributed by atoms with Crippen LogP contribution in [0, 0.1) is 6.92 Å². The maximum Gasteiger partial charge on any atom is 0.122 e. The van der Waals surface area contributed by atoms with E-state index in [9.17, 15) is 0 Å². The Hall–Kier alpha value is -1.94. The maximum atomic E-state index is 5.77. The molecule has 1 aromatic heterocycles. The van der Waals surface area contributed by atoms with Gasteiger partial charge in [0.2, 0.25) is 0 Å². The van der Waals surface area contributed by atoms with Gasteiger partial charge in [0.15, 0.2) is 0 Å². The lowest BCUT2D eigenvalue weighted by Gasteiger charge is -2.11. The molecule has 3 rings (SSSR count). The molecule has 1 heterocycles. The number of aromatic amines is 1. The lowest BCUT2D eigenvalue weighted by atomic mass is 9.97. The van der Waals surface area contributed by atoms with Crippen LogP contribution in [0.1, 0.15) is 75.3 Å². The van der Waals surface area contributed by atoms with Crippen molar-refractivity contribution in [1.82, 2.24) is 4.98 Å². The molecule has 0 unspecified atom stereocenters. The van der Waals surface area contributed by atoms with Crippen molar-refractivity contribution >= 4 is 26.8 Å². The summed E-state index contributed by atoms with van der Waals surface area (Å²) in [6.45, 7) is 2.22. The fourth-order valence-corrected chi connectivity index (χ4v) is 5.21. The Morgan fingerprint density at radius 1 is 0.727 bits per heavy atom. The minimum Gasteiger partial charge on any atom is -0.497 e. The van der Waals surface area contributed by atoms with Gasteiger partial charge in [-0.25, -0.2) is 0 Å². The summed E-state index contributed by atoms with van der Waals surface area (Å²) in [5.41, 5.74) is 6.19. The lowest BCUT2D eigenvalue weighted by Crippen LogP contribution is -1.95. The fraction of sp³-hybridized carbons (Fsp3) is 0.517. The van der Waals surface area contributed by atoms with Gasteiger partial charge in [-0.1, -0.05) is 67.3 Å². The minimum absolute atomic E-state index is 0.879. The van der Waals surface area contributed by atoms with Crippen LogP contribution in [0.25, 0.3) is 22.2 Å². The Kier molecular flexibility index (Phi) is 10.7. The molecule has 0 saturated heterocycles. The van der Waals surface area contributed by atoms with Crippen LogP contribution in [-0.2, 0) is 6.42 Å². The molecule has 0 aliphatic carbocycles. The van der Waals surface area contributed by atoms with Crippen molar-refractivity contribution in [2.24, 2.45) is 0 Å². The average molecular weight is 515 g/mol. The zero-order valence-corrected chi connectivity index (χ0v) is 22.2. The van der Waals surface area contributed by atoms with Gasteiger partial charge < -0.3 is 14.5 Å². The highest BCUT2D eigenvalue weighted by Gasteiger charge is 2.16. The molecule has 0 amide bonds. The molecule has 33 heavy (non-hydrogen) atoms. The van der Waals surface area contributed by atoms with Gasteiger partial charge in [-0.05, 0) is 73.7 Å². The maximum absolute atomic E-state index is 5.77. The van der Waals surface area contributed by atoms with Gasteiger partial charge in [-0.2, -0.15) is 0 Å². The number of aryl methyl sites for hydroxylation is 2. The third-order valence-corrected chi connectivity index (χ3v) is 7.25. The Labute approximate surface area is 208 Å². The quantitative estimate of drug-likeness (QED) is 0.162. The van der Waals surface area contributed by atoms with Crippen molar-refractivity contribution in [3.05, 3.63) is 47.5 Å². The topological polar surface area (TPSA) is 34.2 Å². The van der Waals surface area contributed by atoms with E-state index in [0.29, 0.717) is 0 Å². The number of hydrogen-bond donors (Lipinski definition) is 1. The number of hydrogen-bond acceptors (Lipinski definition) is 2. The average Bonchev–Trinajstić information content (AvgIpc) is 3.19. The van der Waals surface area contributed by atoms with Crippen LogP contribution < -0.4 is 9.47 Å². The smallest absolute Gasteiger partial charge is 0.122 e. The summed E-state index contributed by atoms with van der Waals surface area (Å²) in [5, 5.41) is 2.47. The number of halogens is 1. The molecular weight excluding hydrogens is 474 g/mol. The molecule has 0 fully saturated rings. The van der Waals surface area contributed by atoms with E-state index in [1.54, 1.807) is 14.2 Å². The number of H-pyrrole nitrogens is 1. The monoisotopic (exact) mass is 513 g/mol. The van der Waals surface area contributed by atoms with Crippen molar-refractivity contribution in [1.29, 1.82) is 0 Å². The SMILES string of the molecule is COc1ccc(-c2[nH]c3ccc(OC)c(CCCCCCCCCCCCBr)c3c2C)cc1. The van der Waals surface area contributed by atoms with E-state index in [1.807, 2.05) is 12.1 Å². The molecule has 3 nitrogen and oxygen atoms in total. The number of ether oxygens (including phenoxy) is 2. The second-order valence-corrected chi connectivity index (χ2v) is 9.79. The van der Waals surface area contributed by atoms with Crippen molar-refractivity contribution in [3.63, 3.8) is 0 Å². The van der Waals surface area contributed by atoms with Crippen LogP contribution in [0.5, 0.6) is 11.5 Å². The van der Waals surface area contributed by atoms with Gasteiger partial charge in [0.05, 0.1) is 14.2 Å². The Morgan fingerprint density at radius 2 is 1.33 bits per heavy atom. The summed E-state index contributed by atoms with van der Waals surface area (Å²) in [7, 11) is 3.49. The molecule has 0 saturated carbocycles. The summed E-state index contributed by atoms with van der Waals surface area (Å²) in [4.78, 5) is 3.65. The van der Waals surface area contributed by atoms with Crippen molar-refractivity contribution in [3.8, 4) is 22.8 Å². The van der Waals surface area contributed by atoms with Gasteiger partial charge in [-0.15, -0.1) is 0 Å². The van der Waals surface area contributed by atoms with Gasteiger partial charge >= 0.3 is 0 Å². The standard InChI is InChI=1S/C29H40BrNO2/c1-22-28-25(14-12-10-8-6-4-5-7-9-11-13-21-30)27(33-3)20-19-26(28)31-29(22)23-15-17-24(32-2)18-16-23/h15-20,31H,4-14,21H2,1-3H3. The highest BCUT2D eigenvalue weighted by atomic mass is 79.9. The lowest BCUT2D eigenvalue weighted by molar-refractivity contribution is 0.409. The number of fused-ring (bicyclic) bond motifs is 1. The molecule has 0 spiro atoms. The number of aromatic nitrogens is 1. The molecule has 4 heteroatoms. The number of rotatable bonds is 15. The van der Waals surface area contributed by atoms with E-state index in [4.69, 9.17) is 9.47 Å². The third kappa shape index (κ3) is 7.02. The molecule has 0 atom stereocenters. The minimum atomic E-state index is 0.879. The predicted octanol–water partition coefficient (Wildman–Crippen LogP) is 9.00. The molecule has 180 valence electrons. The first kappa shape index (κ1) is 25.7. The van der Waals surface area contributed by atoms with Crippen molar-refractivity contribution in [2.75, 3.05) is 19.5 Å². The molecule has 1 N–H and O–H groups in total. The molecule has 0 bridgehead atoms. The summed E-state index contributed by atoms with van der Waals surface area (Å²) in [6, 6.07) is 12.5. The second-order valence-electron chi connectivity index (χ2n) is 9.00. The number of methoxy groups -OCH3 is 2. The first-order valence-electron chi connectivity index (χ1n) is 12.6. The van der Waals surface area contributed by atoms with Crippen LogP contribution in [0.3, 0.4) is 0 Å². The van der Waals surface area contributed by atoms with Crippen molar-refractivity contribution < 1.29 is 9.47 Å². The number of unbranched alkanes of at least 4 members (excludes halogenated alkanes) is 9. The van der Waals surface area contributed by atoms with E-state index in [-0.39, 0.29) is 0 Å². The molecule has 2 aromatic carbocycles. The Balaban J connectivity index is 1.59. The fourth-order valence-electron chi connectivity index (χ4n) is 4.81. The predicted molar refractivity (Wildman–Crippen MR) is 145 cm³/mol.